The van der Waals surface area contributed by atoms with Crippen LogP contribution in [0.5, 0.6) is 0 Å². The summed E-state index contributed by atoms with van der Waals surface area (Å²) in [7, 11) is 0. The Balaban J connectivity index is 2.02. The molecule has 0 saturated heterocycles. The van der Waals surface area contributed by atoms with E-state index in [1.807, 2.05) is 42.5 Å². The Labute approximate surface area is 120 Å². The lowest BCUT2D eigenvalue weighted by atomic mass is 10.1. The standard InChI is InChI=1S/C17H12BrN/c18-15(12-13-6-2-1-3-7-13)17-11-10-14-8-4-5-9-16(14)19-17/h1-12H/b15-12+. The summed E-state index contributed by atoms with van der Waals surface area (Å²) in [5.74, 6) is 0. The fraction of sp³-hybridized carbons (Fsp3) is 0. The quantitative estimate of drug-likeness (QED) is 0.639. The van der Waals surface area contributed by atoms with Gasteiger partial charge in [-0.2, -0.15) is 0 Å². The van der Waals surface area contributed by atoms with E-state index in [9.17, 15) is 0 Å². The highest BCUT2D eigenvalue weighted by molar-refractivity contribution is 9.15. The summed E-state index contributed by atoms with van der Waals surface area (Å²) < 4.78 is 0.990. The number of hydrogen-bond acceptors (Lipinski definition) is 1. The predicted molar refractivity (Wildman–Crippen MR) is 85.0 cm³/mol. The van der Waals surface area contributed by atoms with Crippen molar-refractivity contribution in [2.75, 3.05) is 0 Å². The number of rotatable bonds is 2. The molecule has 0 unspecified atom stereocenters. The van der Waals surface area contributed by atoms with Crippen molar-refractivity contribution in [1.82, 2.24) is 4.98 Å². The zero-order valence-electron chi connectivity index (χ0n) is 10.3. The van der Waals surface area contributed by atoms with Gasteiger partial charge in [0, 0.05) is 9.87 Å². The molecule has 2 heteroatoms. The van der Waals surface area contributed by atoms with Crippen molar-refractivity contribution in [1.29, 1.82) is 0 Å². The number of halogens is 1. The highest BCUT2D eigenvalue weighted by Crippen LogP contribution is 2.24. The van der Waals surface area contributed by atoms with Gasteiger partial charge in [-0.25, -0.2) is 4.98 Å². The molecule has 3 aromatic rings. The normalized spacial score (nSPS) is 11.7. The summed E-state index contributed by atoms with van der Waals surface area (Å²) in [6.45, 7) is 0. The maximum Gasteiger partial charge on any atom is 0.0779 e. The smallest absolute Gasteiger partial charge is 0.0779 e. The first-order valence-electron chi connectivity index (χ1n) is 6.11. The van der Waals surface area contributed by atoms with Gasteiger partial charge in [0.15, 0.2) is 0 Å². The monoisotopic (exact) mass is 309 g/mol. The van der Waals surface area contributed by atoms with Crippen LogP contribution in [0.25, 0.3) is 21.5 Å². The van der Waals surface area contributed by atoms with Crippen LogP contribution in [0, 0.1) is 0 Å². The zero-order valence-corrected chi connectivity index (χ0v) is 11.8. The Kier molecular flexibility index (Phi) is 3.43. The molecule has 0 aliphatic carbocycles. The molecule has 0 radical (unpaired) electrons. The molecule has 0 fully saturated rings. The summed E-state index contributed by atoms with van der Waals surface area (Å²) in [6, 6.07) is 22.5. The highest BCUT2D eigenvalue weighted by atomic mass is 79.9. The SMILES string of the molecule is Br/C(=C/c1ccccc1)c1ccc2ccccc2n1. The number of benzene rings is 2. The molecule has 0 aliphatic rings. The van der Waals surface area contributed by atoms with Crippen LogP contribution in [0.1, 0.15) is 11.3 Å². The van der Waals surface area contributed by atoms with E-state index < -0.39 is 0 Å². The minimum Gasteiger partial charge on any atom is -0.247 e. The first-order valence-corrected chi connectivity index (χ1v) is 6.91. The van der Waals surface area contributed by atoms with E-state index in [1.165, 1.54) is 0 Å². The van der Waals surface area contributed by atoms with Gasteiger partial charge in [-0.1, -0.05) is 54.6 Å². The van der Waals surface area contributed by atoms with Crippen molar-refractivity contribution < 1.29 is 0 Å². The second-order valence-electron chi connectivity index (χ2n) is 4.29. The first kappa shape index (κ1) is 12.1. The van der Waals surface area contributed by atoms with Gasteiger partial charge in [0.25, 0.3) is 0 Å². The number of pyridine rings is 1. The molecule has 1 aromatic heterocycles. The van der Waals surface area contributed by atoms with Gasteiger partial charge < -0.3 is 0 Å². The number of fused-ring (bicyclic) bond motifs is 1. The van der Waals surface area contributed by atoms with Gasteiger partial charge in [0.2, 0.25) is 0 Å². The Morgan fingerprint density at radius 1 is 0.842 bits per heavy atom. The fourth-order valence-corrected chi connectivity index (χ4v) is 2.45. The van der Waals surface area contributed by atoms with E-state index in [0.717, 1.165) is 26.6 Å². The predicted octanol–water partition coefficient (Wildman–Crippen LogP) is 5.13. The lowest BCUT2D eigenvalue weighted by Gasteiger charge is -2.02. The largest absolute Gasteiger partial charge is 0.247 e. The van der Waals surface area contributed by atoms with Crippen LogP contribution >= 0.6 is 15.9 Å². The molecule has 0 bridgehead atoms. The maximum absolute atomic E-state index is 4.66. The Morgan fingerprint density at radius 2 is 1.58 bits per heavy atom. The lowest BCUT2D eigenvalue weighted by molar-refractivity contribution is 1.37. The third kappa shape index (κ3) is 2.74. The molecular formula is C17H12BrN. The molecule has 0 N–H and O–H groups in total. The van der Waals surface area contributed by atoms with Crippen LogP contribution in [-0.2, 0) is 0 Å². The van der Waals surface area contributed by atoms with Gasteiger partial charge in [-0.15, -0.1) is 0 Å². The van der Waals surface area contributed by atoms with E-state index >= 15 is 0 Å². The second-order valence-corrected chi connectivity index (χ2v) is 5.15. The summed E-state index contributed by atoms with van der Waals surface area (Å²) in [6.07, 6.45) is 2.08. The Hall–Kier alpha value is -1.93. The third-order valence-corrected chi connectivity index (χ3v) is 3.57. The Bertz CT molecular complexity index is 732. The van der Waals surface area contributed by atoms with Gasteiger partial charge in [0.05, 0.1) is 11.2 Å². The molecule has 0 spiro atoms. The average Bonchev–Trinajstić information content (AvgIpc) is 2.48. The lowest BCUT2D eigenvalue weighted by Crippen LogP contribution is -1.85. The minimum absolute atomic E-state index is 0.947. The van der Waals surface area contributed by atoms with Crippen LogP contribution < -0.4 is 0 Å². The van der Waals surface area contributed by atoms with Crippen LogP contribution in [0.4, 0.5) is 0 Å². The number of para-hydroxylation sites is 1. The number of aromatic nitrogens is 1. The maximum atomic E-state index is 4.66. The molecule has 92 valence electrons. The van der Waals surface area contributed by atoms with Crippen molar-refractivity contribution in [3.8, 4) is 0 Å². The topological polar surface area (TPSA) is 12.9 Å². The number of nitrogens with zero attached hydrogens (tertiary/aromatic N) is 1. The van der Waals surface area contributed by atoms with E-state index in [4.69, 9.17) is 0 Å². The molecule has 0 atom stereocenters. The van der Waals surface area contributed by atoms with Crippen molar-refractivity contribution >= 4 is 37.4 Å². The molecule has 0 saturated carbocycles. The van der Waals surface area contributed by atoms with Crippen LogP contribution in [0.2, 0.25) is 0 Å². The summed E-state index contributed by atoms with van der Waals surface area (Å²) >= 11 is 3.61. The fourth-order valence-electron chi connectivity index (χ4n) is 1.97. The van der Waals surface area contributed by atoms with Crippen LogP contribution in [0.3, 0.4) is 0 Å². The summed E-state index contributed by atoms with van der Waals surface area (Å²) in [5.41, 5.74) is 3.12. The minimum atomic E-state index is 0.947. The molecule has 1 nitrogen and oxygen atoms in total. The number of hydrogen-bond donors (Lipinski definition) is 0. The van der Waals surface area contributed by atoms with Gasteiger partial charge in [-0.05, 0) is 39.7 Å². The molecule has 0 aliphatic heterocycles. The van der Waals surface area contributed by atoms with Gasteiger partial charge in [0.1, 0.15) is 0 Å². The summed E-state index contributed by atoms with van der Waals surface area (Å²) in [4.78, 5) is 4.66. The second kappa shape index (κ2) is 5.37. The van der Waals surface area contributed by atoms with Gasteiger partial charge >= 0.3 is 0 Å². The highest BCUT2D eigenvalue weighted by Gasteiger charge is 2.01. The molecule has 0 amide bonds. The van der Waals surface area contributed by atoms with Crippen molar-refractivity contribution in [2.45, 2.75) is 0 Å². The van der Waals surface area contributed by atoms with E-state index in [-0.39, 0.29) is 0 Å². The average molecular weight is 310 g/mol. The van der Waals surface area contributed by atoms with Crippen molar-refractivity contribution in [3.63, 3.8) is 0 Å². The van der Waals surface area contributed by atoms with E-state index in [0.29, 0.717) is 0 Å². The van der Waals surface area contributed by atoms with Crippen molar-refractivity contribution in [3.05, 3.63) is 78.0 Å². The van der Waals surface area contributed by atoms with Crippen LogP contribution in [0.15, 0.2) is 66.7 Å². The zero-order chi connectivity index (χ0) is 13.1. The third-order valence-electron chi connectivity index (χ3n) is 2.94. The van der Waals surface area contributed by atoms with Gasteiger partial charge in [-0.3, -0.25) is 0 Å². The molecular weight excluding hydrogens is 298 g/mol. The summed E-state index contributed by atoms with van der Waals surface area (Å²) in [5, 5.41) is 1.16. The Morgan fingerprint density at radius 3 is 2.42 bits per heavy atom. The molecule has 19 heavy (non-hydrogen) atoms. The van der Waals surface area contributed by atoms with E-state index in [2.05, 4.69) is 51.3 Å². The van der Waals surface area contributed by atoms with E-state index in [1.54, 1.807) is 0 Å². The molecule has 3 rings (SSSR count). The van der Waals surface area contributed by atoms with Crippen molar-refractivity contribution in [2.24, 2.45) is 0 Å². The molecule has 1 heterocycles. The molecule has 2 aromatic carbocycles. The first-order chi connectivity index (χ1) is 9.33. The van der Waals surface area contributed by atoms with Crippen LogP contribution in [-0.4, -0.2) is 4.98 Å².